The Morgan fingerprint density at radius 2 is 2.00 bits per heavy atom. The number of hydrogen-bond acceptors (Lipinski definition) is 6. The van der Waals surface area contributed by atoms with E-state index in [4.69, 9.17) is 15.2 Å². The van der Waals surface area contributed by atoms with Gasteiger partial charge in [0.2, 0.25) is 12.7 Å². The first kappa shape index (κ1) is 27.0. The third-order valence-corrected chi connectivity index (χ3v) is 7.08. The number of carbonyl (C=O) groups excluding carboxylic acids is 1. The van der Waals surface area contributed by atoms with E-state index in [1.54, 1.807) is 0 Å². The first-order chi connectivity index (χ1) is 16.7. The Bertz CT molecular complexity index is 916. The predicted molar refractivity (Wildman–Crippen MR) is 136 cm³/mol. The predicted octanol–water partition coefficient (Wildman–Crippen LogP) is 3.46. The fourth-order valence-electron chi connectivity index (χ4n) is 5.43. The van der Waals surface area contributed by atoms with Crippen molar-refractivity contribution in [2.75, 3.05) is 39.5 Å². The maximum Gasteiger partial charge on any atom is 0.308 e. The van der Waals surface area contributed by atoms with Crippen LogP contribution < -0.4 is 15.2 Å². The number of likely N-dealkylation sites (tertiary alicyclic amines) is 1. The molecule has 0 aromatic heterocycles. The van der Waals surface area contributed by atoms with Gasteiger partial charge in [0, 0.05) is 38.1 Å². The van der Waals surface area contributed by atoms with Gasteiger partial charge in [0.25, 0.3) is 0 Å². The fourth-order valence-corrected chi connectivity index (χ4v) is 5.43. The van der Waals surface area contributed by atoms with E-state index in [1.165, 1.54) is 0 Å². The molecule has 0 bridgehead atoms. The van der Waals surface area contributed by atoms with E-state index in [0.717, 1.165) is 18.4 Å². The van der Waals surface area contributed by atoms with Gasteiger partial charge < -0.3 is 25.2 Å². The van der Waals surface area contributed by atoms with Crippen molar-refractivity contribution in [1.29, 1.82) is 0 Å². The molecule has 0 radical (unpaired) electrons. The van der Waals surface area contributed by atoms with Gasteiger partial charge in [-0.15, -0.1) is 0 Å². The Morgan fingerprint density at radius 1 is 1.26 bits per heavy atom. The number of carboxylic acids is 1. The quantitative estimate of drug-likeness (QED) is 0.435. The molecule has 3 rings (SSSR count). The van der Waals surface area contributed by atoms with E-state index in [-0.39, 0.29) is 36.6 Å². The smallest absolute Gasteiger partial charge is 0.308 e. The summed E-state index contributed by atoms with van der Waals surface area (Å²) >= 11 is 0. The van der Waals surface area contributed by atoms with Gasteiger partial charge in [-0.3, -0.25) is 14.5 Å². The first-order valence-electron chi connectivity index (χ1n) is 12.7. The number of nitrogens with two attached hydrogens (primary N) is 1. The minimum atomic E-state index is -0.839. The lowest BCUT2D eigenvalue weighted by molar-refractivity contribution is -0.144. The largest absolute Gasteiger partial charge is 0.481 e. The molecule has 2 aliphatic rings. The summed E-state index contributed by atoms with van der Waals surface area (Å²) in [5.41, 5.74) is 6.47. The van der Waals surface area contributed by atoms with Gasteiger partial charge in [-0.2, -0.15) is 0 Å². The van der Waals surface area contributed by atoms with Crippen LogP contribution in [0, 0.1) is 11.3 Å². The van der Waals surface area contributed by atoms with Crippen molar-refractivity contribution in [3.8, 4) is 11.5 Å². The van der Waals surface area contributed by atoms with Crippen molar-refractivity contribution in [2.24, 2.45) is 17.1 Å². The van der Waals surface area contributed by atoms with E-state index >= 15 is 0 Å². The highest BCUT2D eigenvalue weighted by atomic mass is 16.7. The van der Waals surface area contributed by atoms with Gasteiger partial charge in [-0.25, -0.2) is 0 Å². The van der Waals surface area contributed by atoms with Crippen LogP contribution in [0.5, 0.6) is 11.5 Å². The Hall–Kier alpha value is -2.58. The molecule has 3 atom stereocenters. The number of fused-ring (bicyclic) bond motifs is 1. The van der Waals surface area contributed by atoms with Gasteiger partial charge in [0.1, 0.15) is 0 Å². The lowest BCUT2D eigenvalue weighted by atomic mass is 9.77. The number of unbranched alkanes of at least 4 members (excludes halogenated alkanes) is 1. The summed E-state index contributed by atoms with van der Waals surface area (Å²) in [6, 6.07) is 5.38. The average Bonchev–Trinajstić information content (AvgIpc) is 3.40. The Labute approximate surface area is 209 Å². The number of carboxylic acid groups (broad SMARTS) is 1. The SMILES string of the molecule is CC=CC(C)(C)C[C@H]1C(C(=O)O)[C@@H](c2ccc3c(c2)OCO3)CN1CC(=O)N(CCN)CCCC. The molecule has 1 aromatic rings. The first-order valence-corrected chi connectivity index (χ1v) is 12.7. The van der Waals surface area contributed by atoms with Crippen LogP contribution >= 0.6 is 0 Å². The summed E-state index contributed by atoms with van der Waals surface area (Å²) in [6.45, 7) is 10.7. The van der Waals surface area contributed by atoms with Crippen LogP contribution in [0.4, 0.5) is 0 Å². The number of carbonyl (C=O) groups is 2. The zero-order chi connectivity index (χ0) is 25.6. The molecule has 0 saturated carbocycles. The molecule has 1 saturated heterocycles. The molecule has 2 aliphatic heterocycles. The summed E-state index contributed by atoms with van der Waals surface area (Å²) < 4.78 is 11.0. The van der Waals surface area contributed by atoms with Gasteiger partial charge in [0.05, 0.1) is 12.5 Å². The maximum absolute atomic E-state index is 13.3. The topological polar surface area (TPSA) is 105 Å². The lowest BCUT2D eigenvalue weighted by Gasteiger charge is -2.34. The van der Waals surface area contributed by atoms with Crippen molar-refractivity contribution >= 4 is 11.9 Å². The number of amides is 1. The number of aliphatic carboxylic acids is 1. The number of hydrogen-bond donors (Lipinski definition) is 2. The molecule has 8 nitrogen and oxygen atoms in total. The number of benzene rings is 1. The molecule has 2 heterocycles. The van der Waals surface area contributed by atoms with Crippen LogP contribution in [-0.2, 0) is 9.59 Å². The molecule has 35 heavy (non-hydrogen) atoms. The van der Waals surface area contributed by atoms with Crippen LogP contribution in [0.3, 0.4) is 0 Å². The van der Waals surface area contributed by atoms with Crippen molar-refractivity contribution in [2.45, 2.75) is 58.9 Å². The number of rotatable bonds is 12. The molecule has 1 aromatic carbocycles. The zero-order valence-corrected chi connectivity index (χ0v) is 21.5. The van der Waals surface area contributed by atoms with Gasteiger partial charge in [0.15, 0.2) is 11.5 Å². The summed E-state index contributed by atoms with van der Waals surface area (Å²) in [5.74, 6) is -0.432. The highest BCUT2D eigenvalue weighted by molar-refractivity contribution is 5.79. The van der Waals surface area contributed by atoms with E-state index in [2.05, 4.69) is 31.7 Å². The second kappa shape index (κ2) is 11.9. The number of allylic oxidation sites excluding steroid dienone is 2. The van der Waals surface area contributed by atoms with E-state index < -0.39 is 11.9 Å². The summed E-state index contributed by atoms with van der Waals surface area (Å²) in [5, 5.41) is 10.4. The zero-order valence-electron chi connectivity index (χ0n) is 21.5. The molecule has 194 valence electrons. The monoisotopic (exact) mass is 487 g/mol. The Balaban J connectivity index is 1.92. The van der Waals surface area contributed by atoms with E-state index in [0.29, 0.717) is 44.1 Å². The minimum absolute atomic E-state index is 0.00761. The standard InChI is InChI=1S/C27H41N3O5/c1-5-7-12-29(13-11-28)24(31)17-30-16-20(19-8-9-22-23(14-19)35-18-34-22)25(26(32)33)21(30)15-27(3,4)10-6-2/h6,8-10,14,20-21,25H,5,7,11-13,15-18,28H2,1-4H3,(H,32,33)/t20-,21+,25?/m1/s1. The highest BCUT2D eigenvalue weighted by Crippen LogP contribution is 2.44. The molecule has 0 spiro atoms. The highest BCUT2D eigenvalue weighted by Gasteiger charge is 2.48. The third kappa shape index (κ3) is 6.55. The lowest BCUT2D eigenvalue weighted by Crippen LogP contribution is -2.46. The van der Waals surface area contributed by atoms with Crippen LogP contribution in [0.2, 0.25) is 0 Å². The van der Waals surface area contributed by atoms with Crippen LogP contribution in [-0.4, -0.2) is 72.3 Å². The van der Waals surface area contributed by atoms with Crippen LogP contribution in [0.25, 0.3) is 0 Å². The van der Waals surface area contributed by atoms with Crippen molar-refractivity contribution in [1.82, 2.24) is 9.80 Å². The average molecular weight is 488 g/mol. The van der Waals surface area contributed by atoms with Crippen LogP contribution in [0.15, 0.2) is 30.4 Å². The van der Waals surface area contributed by atoms with Gasteiger partial charge in [-0.05, 0) is 42.9 Å². The third-order valence-electron chi connectivity index (χ3n) is 7.08. The molecule has 8 heteroatoms. The normalized spacial score (nSPS) is 22.1. The Kier molecular flexibility index (Phi) is 9.19. The second-order valence-corrected chi connectivity index (χ2v) is 10.3. The van der Waals surface area contributed by atoms with E-state index in [9.17, 15) is 14.7 Å². The second-order valence-electron chi connectivity index (χ2n) is 10.3. The maximum atomic E-state index is 13.3. The molecular formula is C27H41N3O5. The molecule has 1 amide bonds. The van der Waals surface area contributed by atoms with Crippen molar-refractivity contribution in [3.63, 3.8) is 0 Å². The molecular weight excluding hydrogens is 446 g/mol. The minimum Gasteiger partial charge on any atom is -0.481 e. The van der Waals surface area contributed by atoms with Crippen LogP contribution in [0.1, 0.15) is 58.4 Å². The van der Waals surface area contributed by atoms with Crippen molar-refractivity contribution < 1.29 is 24.2 Å². The summed E-state index contributed by atoms with van der Waals surface area (Å²) in [4.78, 5) is 29.9. The van der Waals surface area contributed by atoms with Gasteiger partial charge in [-0.1, -0.05) is 45.4 Å². The molecule has 0 aliphatic carbocycles. The van der Waals surface area contributed by atoms with Crippen molar-refractivity contribution in [3.05, 3.63) is 35.9 Å². The molecule has 3 N–H and O–H groups in total. The Morgan fingerprint density at radius 3 is 2.66 bits per heavy atom. The van der Waals surface area contributed by atoms with E-state index in [1.807, 2.05) is 36.1 Å². The number of ether oxygens (including phenoxy) is 2. The fraction of sp³-hybridized carbons (Fsp3) is 0.630. The molecule has 1 fully saturated rings. The summed E-state index contributed by atoms with van der Waals surface area (Å²) in [6.07, 6.45) is 6.66. The summed E-state index contributed by atoms with van der Waals surface area (Å²) in [7, 11) is 0. The molecule has 1 unspecified atom stereocenters. The number of nitrogens with zero attached hydrogens (tertiary/aromatic N) is 2. The van der Waals surface area contributed by atoms with Gasteiger partial charge >= 0.3 is 5.97 Å².